The van der Waals surface area contributed by atoms with Gasteiger partial charge in [-0.05, 0) is 38.3 Å². The monoisotopic (exact) mass is 534 g/mol. The molecule has 1 fully saturated rings. The number of hydrogen-bond acceptors (Lipinski definition) is 8. The fraction of sp³-hybridized carbons (Fsp3) is 0.500. The summed E-state index contributed by atoms with van der Waals surface area (Å²) in [6.45, 7) is 0. The summed E-state index contributed by atoms with van der Waals surface area (Å²) in [5.41, 5.74) is -0.424. The molecule has 1 heterocycles. The van der Waals surface area contributed by atoms with E-state index in [0.29, 0.717) is 5.69 Å². The van der Waals surface area contributed by atoms with Gasteiger partial charge in [0.2, 0.25) is 5.95 Å². The standard InChI is InChI=1S/C20H23ClF3N5O2.C2H7NS/c1-25-18(30)12-8-16(31-2)15(9-14(12)21)28-19-26-10-13(20(22,23)24)17(29-19)27-11-6-4-3-5-7-11;1-3-4-2/h8-11H,3-7H2,1-2H3,(H,25,30)(H2,26,27,28,29);3H,1-2H3. The van der Waals surface area contributed by atoms with E-state index in [4.69, 9.17) is 16.3 Å². The van der Waals surface area contributed by atoms with E-state index < -0.39 is 17.6 Å². The van der Waals surface area contributed by atoms with Crippen molar-refractivity contribution < 1.29 is 22.7 Å². The Hall–Kier alpha value is -2.44. The molecule has 8 nitrogen and oxygen atoms in total. The van der Waals surface area contributed by atoms with Crippen LogP contribution in [0.3, 0.4) is 0 Å². The number of nitrogens with one attached hydrogen (secondary N) is 4. The van der Waals surface area contributed by atoms with E-state index in [1.165, 1.54) is 26.3 Å². The summed E-state index contributed by atoms with van der Waals surface area (Å²) in [4.78, 5) is 19.8. The third kappa shape index (κ3) is 8.32. The zero-order chi connectivity index (χ0) is 26.0. The number of methoxy groups -OCH3 is 1. The van der Waals surface area contributed by atoms with Crippen LogP contribution in [0, 0.1) is 0 Å². The molecule has 2 aromatic rings. The van der Waals surface area contributed by atoms with Gasteiger partial charge in [-0.3, -0.25) is 9.52 Å². The van der Waals surface area contributed by atoms with E-state index in [9.17, 15) is 18.0 Å². The Morgan fingerprint density at radius 3 is 2.40 bits per heavy atom. The van der Waals surface area contributed by atoms with Gasteiger partial charge in [-0.1, -0.05) is 42.8 Å². The number of anilines is 3. The largest absolute Gasteiger partial charge is 0.495 e. The third-order valence-electron chi connectivity index (χ3n) is 5.25. The molecule has 0 bridgehead atoms. The van der Waals surface area contributed by atoms with Crippen molar-refractivity contribution >= 4 is 46.9 Å². The Balaban J connectivity index is 0.00000100. The van der Waals surface area contributed by atoms with Gasteiger partial charge < -0.3 is 20.7 Å². The number of carbonyl (C=O) groups excluding carboxylic acids is 1. The smallest absolute Gasteiger partial charge is 0.421 e. The predicted octanol–water partition coefficient (Wildman–Crippen LogP) is 5.49. The summed E-state index contributed by atoms with van der Waals surface area (Å²) in [5.74, 6) is -0.481. The highest BCUT2D eigenvalue weighted by Crippen LogP contribution is 2.37. The van der Waals surface area contributed by atoms with Crippen molar-refractivity contribution in [3.63, 3.8) is 0 Å². The van der Waals surface area contributed by atoms with Crippen LogP contribution in [0.15, 0.2) is 18.3 Å². The minimum absolute atomic E-state index is 0.0617. The lowest BCUT2D eigenvalue weighted by atomic mass is 9.95. The number of nitrogens with zero attached hydrogens (tertiary/aromatic N) is 2. The molecular weight excluding hydrogens is 505 g/mol. The molecule has 0 spiro atoms. The molecule has 1 saturated carbocycles. The van der Waals surface area contributed by atoms with Crippen molar-refractivity contribution in [2.24, 2.45) is 0 Å². The van der Waals surface area contributed by atoms with Crippen LogP contribution >= 0.6 is 23.5 Å². The number of halogens is 4. The van der Waals surface area contributed by atoms with E-state index in [0.717, 1.165) is 38.3 Å². The number of benzene rings is 1. The molecule has 0 radical (unpaired) electrons. The SMILES string of the molecule is CNC(=O)c1cc(OC)c(Nc2ncc(C(F)(F)F)c(NC3CCCCC3)n2)cc1Cl.CNSC. The maximum absolute atomic E-state index is 13.5. The van der Waals surface area contributed by atoms with Crippen molar-refractivity contribution in [2.45, 2.75) is 44.3 Å². The highest BCUT2D eigenvalue weighted by atomic mass is 35.5. The fourth-order valence-corrected chi connectivity index (χ4v) is 3.70. The lowest BCUT2D eigenvalue weighted by Gasteiger charge is -2.25. The van der Waals surface area contributed by atoms with Crippen molar-refractivity contribution in [1.82, 2.24) is 20.0 Å². The van der Waals surface area contributed by atoms with Crippen LogP contribution in [0.2, 0.25) is 5.02 Å². The van der Waals surface area contributed by atoms with E-state index in [1.807, 2.05) is 13.3 Å². The molecule has 4 N–H and O–H groups in total. The normalized spacial score (nSPS) is 13.9. The lowest BCUT2D eigenvalue weighted by Crippen LogP contribution is -2.25. The molecule has 35 heavy (non-hydrogen) atoms. The molecule has 1 aliphatic carbocycles. The Kier molecular flexibility index (Phi) is 11.2. The van der Waals surface area contributed by atoms with Crippen LogP contribution in [-0.2, 0) is 6.18 Å². The van der Waals surface area contributed by atoms with Gasteiger partial charge in [-0.2, -0.15) is 18.2 Å². The number of ether oxygens (including phenoxy) is 1. The second kappa shape index (κ2) is 13.6. The van der Waals surface area contributed by atoms with E-state index >= 15 is 0 Å². The summed E-state index contributed by atoms with van der Waals surface area (Å²) >= 11 is 7.79. The lowest BCUT2D eigenvalue weighted by molar-refractivity contribution is -0.137. The molecule has 1 aromatic heterocycles. The van der Waals surface area contributed by atoms with Crippen molar-refractivity contribution in [2.75, 3.05) is 38.1 Å². The number of carbonyl (C=O) groups is 1. The Bertz CT molecular complexity index is 988. The fourth-order valence-electron chi connectivity index (χ4n) is 3.45. The second-order valence-corrected chi connectivity index (χ2v) is 8.80. The van der Waals surface area contributed by atoms with Crippen LogP contribution in [0.5, 0.6) is 5.75 Å². The third-order valence-corrected chi connectivity index (χ3v) is 5.97. The van der Waals surface area contributed by atoms with Gasteiger partial charge in [0.15, 0.2) is 0 Å². The minimum Gasteiger partial charge on any atom is -0.495 e. The van der Waals surface area contributed by atoms with Gasteiger partial charge in [0.1, 0.15) is 17.1 Å². The van der Waals surface area contributed by atoms with Crippen LogP contribution in [0.4, 0.5) is 30.6 Å². The second-order valence-electron chi connectivity index (χ2n) is 7.58. The molecular formula is C22H30ClF3N6O2S. The molecule has 1 amide bonds. The predicted molar refractivity (Wildman–Crippen MR) is 135 cm³/mol. The summed E-state index contributed by atoms with van der Waals surface area (Å²) in [6.07, 6.45) is 2.71. The van der Waals surface area contributed by atoms with Crippen LogP contribution < -0.4 is 25.4 Å². The number of aromatic nitrogens is 2. The van der Waals surface area contributed by atoms with Crippen molar-refractivity contribution in [3.8, 4) is 5.75 Å². The molecule has 0 aliphatic heterocycles. The number of rotatable bonds is 7. The van der Waals surface area contributed by atoms with Crippen molar-refractivity contribution in [3.05, 3.63) is 34.5 Å². The van der Waals surface area contributed by atoms with Crippen LogP contribution in [-0.4, -0.2) is 49.4 Å². The van der Waals surface area contributed by atoms with E-state index in [2.05, 4.69) is 30.6 Å². The maximum atomic E-state index is 13.5. The van der Waals surface area contributed by atoms with Crippen molar-refractivity contribution in [1.29, 1.82) is 0 Å². The number of hydrogen-bond donors (Lipinski definition) is 4. The number of amides is 1. The van der Waals surface area contributed by atoms with Gasteiger partial charge in [0.25, 0.3) is 5.91 Å². The Morgan fingerprint density at radius 2 is 1.86 bits per heavy atom. The Labute approximate surface area is 212 Å². The molecule has 194 valence electrons. The van der Waals surface area contributed by atoms with Crippen LogP contribution in [0.25, 0.3) is 0 Å². The molecule has 0 saturated heterocycles. The molecule has 0 unspecified atom stereocenters. The quantitative estimate of drug-likeness (QED) is 0.346. The first-order chi connectivity index (χ1) is 16.6. The first-order valence-corrected chi connectivity index (χ1v) is 12.5. The Morgan fingerprint density at radius 1 is 1.20 bits per heavy atom. The molecule has 0 atom stereocenters. The molecule has 1 aliphatic rings. The summed E-state index contributed by atoms with van der Waals surface area (Å²) in [6, 6.07) is 2.78. The van der Waals surface area contributed by atoms with Gasteiger partial charge in [0, 0.05) is 19.3 Å². The van der Waals surface area contributed by atoms with E-state index in [-0.39, 0.29) is 34.1 Å². The first kappa shape index (κ1) is 28.8. The zero-order valence-electron chi connectivity index (χ0n) is 20.0. The highest BCUT2D eigenvalue weighted by molar-refractivity contribution is 7.96. The minimum atomic E-state index is -4.59. The molecule has 1 aromatic carbocycles. The maximum Gasteiger partial charge on any atom is 0.421 e. The van der Waals surface area contributed by atoms with Gasteiger partial charge in [0.05, 0.1) is 23.4 Å². The molecule has 13 heteroatoms. The van der Waals surface area contributed by atoms with Gasteiger partial charge in [-0.15, -0.1) is 0 Å². The van der Waals surface area contributed by atoms with E-state index in [1.54, 1.807) is 11.9 Å². The highest BCUT2D eigenvalue weighted by Gasteiger charge is 2.36. The zero-order valence-corrected chi connectivity index (χ0v) is 21.5. The average Bonchev–Trinajstić information content (AvgIpc) is 2.84. The average molecular weight is 535 g/mol. The summed E-state index contributed by atoms with van der Waals surface area (Å²) < 4.78 is 48.5. The first-order valence-electron chi connectivity index (χ1n) is 10.9. The molecule has 3 rings (SSSR count). The number of alkyl halides is 3. The summed E-state index contributed by atoms with van der Waals surface area (Å²) in [7, 11) is 4.75. The van der Waals surface area contributed by atoms with Gasteiger partial charge in [-0.25, -0.2) is 4.98 Å². The summed E-state index contributed by atoms with van der Waals surface area (Å²) in [5, 5.41) is 8.37. The van der Waals surface area contributed by atoms with Crippen LogP contribution in [0.1, 0.15) is 48.0 Å². The topological polar surface area (TPSA) is 100 Å². The van der Waals surface area contributed by atoms with Gasteiger partial charge >= 0.3 is 6.18 Å².